The van der Waals surface area contributed by atoms with Gasteiger partial charge in [0, 0.05) is 50.2 Å². The van der Waals surface area contributed by atoms with Crippen molar-refractivity contribution in [3.63, 3.8) is 0 Å². The summed E-state index contributed by atoms with van der Waals surface area (Å²) in [5.74, 6) is 0.281. The molecule has 2 saturated heterocycles. The Morgan fingerprint density at radius 2 is 2.04 bits per heavy atom. The summed E-state index contributed by atoms with van der Waals surface area (Å²) in [6.45, 7) is 7.66. The highest BCUT2D eigenvalue weighted by atomic mass is 32.1. The van der Waals surface area contributed by atoms with Gasteiger partial charge in [0.15, 0.2) is 0 Å². The molecule has 0 bridgehead atoms. The zero-order chi connectivity index (χ0) is 16.8. The Labute approximate surface area is 148 Å². The van der Waals surface area contributed by atoms with Crippen molar-refractivity contribution in [2.45, 2.75) is 50.7 Å². The second-order valence-corrected chi connectivity index (χ2v) is 7.45. The van der Waals surface area contributed by atoms with Crippen LogP contribution in [0.1, 0.15) is 38.5 Å². The van der Waals surface area contributed by atoms with E-state index in [2.05, 4.69) is 16.5 Å². The molecule has 0 atom stereocenters. The number of ether oxygens (including phenoxy) is 1. The predicted octanol–water partition coefficient (Wildman–Crippen LogP) is 2.94. The van der Waals surface area contributed by atoms with Crippen LogP contribution in [-0.2, 0) is 4.79 Å². The molecule has 2 aliphatic rings. The number of piperidine rings is 2. The van der Waals surface area contributed by atoms with E-state index in [0.29, 0.717) is 18.6 Å². The van der Waals surface area contributed by atoms with Gasteiger partial charge in [0.25, 0.3) is 5.19 Å². The average Bonchev–Trinajstić information content (AvgIpc) is 3.13. The van der Waals surface area contributed by atoms with E-state index in [1.165, 1.54) is 0 Å². The first-order valence-electron chi connectivity index (χ1n) is 8.95. The first-order chi connectivity index (χ1) is 11.8. The van der Waals surface area contributed by atoms with Gasteiger partial charge in [0.05, 0.1) is 0 Å². The SMILES string of the molecule is C=CCCC(=O)N1CCC(N2CCC(Oc3nccs3)CC2)CC1. The van der Waals surface area contributed by atoms with Gasteiger partial charge >= 0.3 is 0 Å². The molecule has 2 aliphatic heterocycles. The molecule has 1 amide bonds. The minimum atomic E-state index is 0.281. The summed E-state index contributed by atoms with van der Waals surface area (Å²) >= 11 is 1.56. The average molecular weight is 350 g/mol. The molecule has 0 saturated carbocycles. The number of allylic oxidation sites excluding steroid dienone is 1. The van der Waals surface area contributed by atoms with Crippen molar-refractivity contribution in [2.24, 2.45) is 0 Å². The summed E-state index contributed by atoms with van der Waals surface area (Å²) in [5.41, 5.74) is 0. The smallest absolute Gasteiger partial charge is 0.273 e. The summed E-state index contributed by atoms with van der Waals surface area (Å²) in [5, 5.41) is 2.74. The van der Waals surface area contributed by atoms with Crippen molar-refractivity contribution in [1.82, 2.24) is 14.8 Å². The second-order valence-electron chi connectivity index (χ2n) is 6.59. The molecule has 0 unspecified atom stereocenters. The molecule has 3 rings (SSSR count). The summed E-state index contributed by atoms with van der Waals surface area (Å²) in [7, 11) is 0. The van der Waals surface area contributed by atoms with E-state index in [-0.39, 0.29) is 5.91 Å². The Bertz CT molecular complexity index is 518. The second kappa shape index (κ2) is 8.62. The van der Waals surface area contributed by atoms with E-state index >= 15 is 0 Å². The fourth-order valence-electron chi connectivity index (χ4n) is 3.63. The summed E-state index contributed by atoms with van der Waals surface area (Å²) < 4.78 is 5.94. The van der Waals surface area contributed by atoms with Gasteiger partial charge in [0.2, 0.25) is 5.91 Å². The third kappa shape index (κ3) is 4.57. The lowest BCUT2D eigenvalue weighted by molar-refractivity contribution is -0.132. The number of carbonyl (C=O) groups excluding carboxylic acids is 1. The Hall–Kier alpha value is -1.40. The van der Waals surface area contributed by atoms with E-state index in [0.717, 1.165) is 63.5 Å². The van der Waals surface area contributed by atoms with Crippen LogP contribution in [0.3, 0.4) is 0 Å². The van der Waals surface area contributed by atoms with E-state index in [1.807, 2.05) is 16.4 Å². The first-order valence-corrected chi connectivity index (χ1v) is 9.83. The molecule has 0 spiro atoms. The normalized spacial score (nSPS) is 20.9. The molecule has 0 aromatic carbocycles. The largest absolute Gasteiger partial charge is 0.467 e. The van der Waals surface area contributed by atoms with E-state index in [9.17, 15) is 4.79 Å². The molecule has 2 fully saturated rings. The number of carbonyl (C=O) groups is 1. The zero-order valence-corrected chi connectivity index (χ0v) is 15.0. The standard InChI is InChI=1S/C18H27N3O2S/c1-2-3-4-17(22)21-10-5-15(6-11-21)20-12-7-16(8-13-20)23-18-19-9-14-24-18/h2,9,14-16H,1,3-8,10-13H2. The van der Waals surface area contributed by atoms with Gasteiger partial charge in [-0.3, -0.25) is 9.69 Å². The number of hydrogen-bond acceptors (Lipinski definition) is 5. The molecule has 1 aromatic heterocycles. The number of aromatic nitrogens is 1. The Kier molecular flexibility index (Phi) is 6.26. The molecule has 5 nitrogen and oxygen atoms in total. The molecule has 0 radical (unpaired) electrons. The van der Waals surface area contributed by atoms with Gasteiger partial charge in [-0.05, 0) is 32.1 Å². The highest BCUT2D eigenvalue weighted by Crippen LogP contribution is 2.25. The summed E-state index contributed by atoms with van der Waals surface area (Å²) in [6, 6.07) is 0.620. The quantitative estimate of drug-likeness (QED) is 0.741. The lowest BCUT2D eigenvalue weighted by Crippen LogP contribution is -2.50. The molecule has 0 N–H and O–H groups in total. The number of thiazole rings is 1. The minimum Gasteiger partial charge on any atom is -0.467 e. The van der Waals surface area contributed by atoms with Crippen molar-refractivity contribution in [3.8, 4) is 5.19 Å². The van der Waals surface area contributed by atoms with Crippen LogP contribution in [0.25, 0.3) is 0 Å². The Morgan fingerprint density at radius 3 is 2.67 bits per heavy atom. The molecule has 3 heterocycles. The van der Waals surface area contributed by atoms with Gasteiger partial charge in [0.1, 0.15) is 6.10 Å². The van der Waals surface area contributed by atoms with Crippen molar-refractivity contribution < 1.29 is 9.53 Å². The number of rotatable bonds is 6. The Morgan fingerprint density at radius 1 is 1.29 bits per heavy atom. The van der Waals surface area contributed by atoms with Crippen LogP contribution in [0.4, 0.5) is 0 Å². The maximum atomic E-state index is 12.1. The molecule has 6 heteroatoms. The molecule has 0 aliphatic carbocycles. The van der Waals surface area contributed by atoms with Gasteiger partial charge in [-0.1, -0.05) is 17.4 Å². The third-order valence-corrected chi connectivity index (χ3v) is 5.71. The van der Waals surface area contributed by atoms with Gasteiger partial charge in [-0.2, -0.15) is 0 Å². The van der Waals surface area contributed by atoms with E-state index < -0.39 is 0 Å². The Balaban J connectivity index is 1.38. The number of hydrogen-bond donors (Lipinski definition) is 0. The monoisotopic (exact) mass is 349 g/mol. The predicted molar refractivity (Wildman–Crippen MR) is 96.4 cm³/mol. The first kappa shape index (κ1) is 17.4. The van der Waals surface area contributed by atoms with Crippen molar-refractivity contribution in [1.29, 1.82) is 0 Å². The van der Waals surface area contributed by atoms with Gasteiger partial charge < -0.3 is 9.64 Å². The number of likely N-dealkylation sites (tertiary alicyclic amines) is 2. The minimum absolute atomic E-state index is 0.281. The fraction of sp³-hybridized carbons (Fsp3) is 0.667. The van der Waals surface area contributed by atoms with Crippen LogP contribution >= 0.6 is 11.3 Å². The van der Waals surface area contributed by atoms with Crippen LogP contribution in [0.15, 0.2) is 24.2 Å². The maximum absolute atomic E-state index is 12.1. The van der Waals surface area contributed by atoms with E-state index in [4.69, 9.17) is 4.74 Å². The highest BCUT2D eigenvalue weighted by molar-refractivity contribution is 7.11. The van der Waals surface area contributed by atoms with Crippen molar-refractivity contribution >= 4 is 17.2 Å². The van der Waals surface area contributed by atoms with Crippen LogP contribution < -0.4 is 4.74 Å². The van der Waals surface area contributed by atoms with Crippen molar-refractivity contribution in [3.05, 3.63) is 24.2 Å². The van der Waals surface area contributed by atoms with Crippen LogP contribution in [0.5, 0.6) is 5.19 Å². The van der Waals surface area contributed by atoms with Gasteiger partial charge in [-0.15, -0.1) is 6.58 Å². The van der Waals surface area contributed by atoms with E-state index in [1.54, 1.807) is 17.5 Å². The van der Waals surface area contributed by atoms with Crippen LogP contribution in [0.2, 0.25) is 0 Å². The van der Waals surface area contributed by atoms with Crippen LogP contribution in [0, 0.1) is 0 Å². The molecular weight excluding hydrogens is 322 g/mol. The lowest BCUT2D eigenvalue weighted by Gasteiger charge is -2.41. The fourth-order valence-corrected chi connectivity index (χ4v) is 4.19. The molecule has 1 aromatic rings. The summed E-state index contributed by atoms with van der Waals surface area (Å²) in [4.78, 5) is 20.9. The van der Waals surface area contributed by atoms with Gasteiger partial charge in [-0.25, -0.2) is 4.98 Å². The maximum Gasteiger partial charge on any atom is 0.273 e. The topological polar surface area (TPSA) is 45.7 Å². The lowest BCUT2D eigenvalue weighted by atomic mass is 9.98. The zero-order valence-electron chi connectivity index (χ0n) is 14.2. The third-order valence-electron chi connectivity index (χ3n) is 5.05. The molecular formula is C18H27N3O2S. The number of nitrogens with zero attached hydrogens (tertiary/aromatic N) is 3. The van der Waals surface area contributed by atoms with Crippen LogP contribution in [-0.4, -0.2) is 59.0 Å². The number of amides is 1. The molecule has 132 valence electrons. The van der Waals surface area contributed by atoms with Crippen molar-refractivity contribution in [2.75, 3.05) is 26.2 Å². The molecule has 24 heavy (non-hydrogen) atoms. The highest BCUT2D eigenvalue weighted by Gasteiger charge is 2.30. The summed E-state index contributed by atoms with van der Waals surface area (Å²) in [6.07, 6.45) is 9.63.